The first-order valence-electron chi connectivity index (χ1n) is 8.53. The summed E-state index contributed by atoms with van der Waals surface area (Å²) in [6.45, 7) is 0. The van der Waals surface area contributed by atoms with Crippen molar-refractivity contribution in [3.05, 3.63) is 95.0 Å². The predicted molar refractivity (Wildman–Crippen MR) is 113 cm³/mol. The largest absolute Gasteiger partial charge is 0.423 e. The normalized spacial score (nSPS) is 11.0. The topological polar surface area (TPSA) is 44.1 Å². The van der Waals surface area contributed by atoms with E-state index in [1.807, 2.05) is 54.0 Å². The Kier molecular flexibility index (Phi) is 5.37. The molecule has 0 aliphatic heterocycles. The van der Waals surface area contributed by atoms with Gasteiger partial charge >= 0.3 is 5.97 Å². The van der Waals surface area contributed by atoms with E-state index in [0.717, 1.165) is 21.8 Å². The van der Waals surface area contributed by atoms with Crippen molar-refractivity contribution in [2.24, 2.45) is 0 Å². The maximum absolute atomic E-state index is 12.2. The lowest BCUT2D eigenvalue weighted by molar-refractivity contribution is -0.128. The second-order valence-corrected chi connectivity index (χ2v) is 7.28. The molecule has 6 heteroatoms. The van der Waals surface area contributed by atoms with Crippen LogP contribution in [0, 0.1) is 0 Å². The van der Waals surface area contributed by atoms with E-state index in [1.54, 1.807) is 46.4 Å². The average molecular weight is 407 g/mol. The van der Waals surface area contributed by atoms with Gasteiger partial charge in [0, 0.05) is 22.9 Å². The van der Waals surface area contributed by atoms with Crippen molar-refractivity contribution in [1.82, 2.24) is 9.78 Å². The Hall–Kier alpha value is -3.15. The van der Waals surface area contributed by atoms with Crippen molar-refractivity contribution in [3.8, 4) is 22.0 Å². The summed E-state index contributed by atoms with van der Waals surface area (Å²) in [6, 6.07) is 20.5. The van der Waals surface area contributed by atoms with Crippen molar-refractivity contribution in [3.63, 3.8) is 0 Å². The summed E-state index contributed by atoms with van der Waals surface area (Å²) < 4.78 is 7.11. The van der Waals surface area contributed by atoms with Gasteiger partial charge in [-0.1, -0.05) is 35.9 Å². The highest BCUT2D eigenvalue weighted by molar-refractivity contribution is 7.13. The van der Waals surface area contributed by atoms with Gasteiger partial charge in [0.1, 0.15) is 11.4 Å². The molecular formula is C22H15ClN2O2S. The highest BCUT2D eigenvalue weighted by Gasteiger charge is 2.12. The molecule has 0 fully saturated rings. The molecule has 4 rings (SSSR count). The first-order chi connectivity index (χ1) is 13.7. The molecule has 2 heterocycles. The SMILES string of the molecule is O=C(/C=C/c1cn(-c2ccccc2)nc1-c1cccs1)Oc1ccc(Cl)cc1. The zero-order valence-corrected chi connectivity index (χ0v) is 16.2. The van der Waals surface area contributed by atoms with Crippen molar-refractivity contribution >= 4 is 35.0 Å². The molecule has 4 aromatic rings. The number of thiophene rings is 1. The van der Waals surface area contributed by atoms with Crippen LogP contribution < -0.4 is 4.74 Å². The summed E-state index contributed by atoms with van der Waals surface area (Å²) in [6.07, 6.45) is 5.02. The van der Waals surface area contributed by atoms with Crippen LogP contribution in [0.2, 0.25) is 5.02 Å². The third kappa shape index (κ3) is 4.22. The van der Waals surface area contributed by atoms with Crippen LogP contribution in [0.4, 0.5) is 0 Å². The Labute approximate surface area is 171 Å². The summed E-state index contributed by atoms with van der Waals surface area (Å²) in [5.41, 5.74) is 2.59. The number of halogens is 1. The molecule has 4 nitrogen and oxygen atoms in total. The number of esters is 1. The van der Waals surface area contributed by atoms with Crippen molar-refractivity contribution in [2.75, 3.05) is 0 Å². The number of benzene rings is 2. The quantitative estimate of drug-likeness (QED) is 0.236. The number of carbonyl (C=O) groups excluding carboxylic acids is 1. The fourth-order valence-corrected chi connectivity index (χ4v) is 3.49. The summed E-state index contributed by atoms with van der Waals surface area (Å²) >= 11 is 7.44. The number of ether oxygens (including phenoxy) is 1. The van der Waals surface area contributed by atoms with Crippen LogP contribution in [0.1, 0.15) is 5.56 Å². The average Bonchev–Trinajstić information content (AvgIpc) is 3.38. The molecule has 0 amide bonds. The van der Waals surface area contributed by atoms with Gasteiger partial charge in [-0.2, -0.15) is 5.10 Å². The Morgan fingerprint density at radius 1 is 1.04 bits per heavy atom. The van der Waals surface area contributed by atoms with Gasteiger partial charge in [-0.25, -0.2) is 9.48 Å². The molecular weight excluding hydrogens is 392 g/mol. The number of nitrogens with zero attached hydrogens (tertiary/aromatic N) is 2. The molecule has 0 saturated carbocycles. The molecule has 2 aromatic carbocycles. The van der Waals surface area contributed by atoms with E-state index < -0.39 is 5.97 Å². The van der Waals surface area contributed by atoms with E-state index in [1.165, 1.54) is 6.08 Å². The van der Waals surface area contributed by atoms with E-state index in [-0.39, 0.29) is 0 Å². The molecule has 0 aliphatic carbocycles. The number of para-hydroxylation sites is 1. The second kappa shape index (κ2) is 8.25. The number of hydrogen-bond acceptors (Lipinski definition) is 4. The molecule has 28 heavy (non-hydrogen) atoms. The minimum atomic E-state index is -0.466. The molecule has 0 bridgehead atoms. The van der Waals surface area contributed by atoms with E-state index in [9.17, 15) is 4.79 Å². The third-order valence-electron chi connectivity index (χ3n) is 3.95. The van der Waals surface area contributed by atoms with Gasteiger partial charge in [-0.05, 0) is 53.9 Å². The fraction of sp³-hybridized carbons (Fsp3) is 0. The van der Waals surface area contributed by atoms with Crippen LogP contribution >= 0.6 is 22.9 Å². The van der Waals surface area contributed by atoms with Gasteiger partial charge in [0.2, 0.25) is 0 Å². The number of carbonyl (C=O) groups is 1. The highest BCUT2D eigenvalue weighted by Crippen LogP contribution is 2.28. The first kappa shape index (κ1) is 18.2. The second-order valence-electron chi connectivity index (χ2n) is 5.90. The maximum atomic E-state index is 12.2. The minimum absolute atomic E-state index is 0.442. The summed E-state index contributed by atoms with van der Waals surface area (Å²) in [5.74, 6) is -0.0237. The molecule has 0 radical (unpaired) electrons. The Bertz CT molecular complexity index is 1100. The Balaban J connectivity index is 1.60. The van der Waals surface area contributed by atoms with Crippen LogP contribution in [-0.4, -0.2) is 15.7 Å². The van der Waals surface area contributed by atoms with E-state index in [2.05, 4.69) is 0 Å². The smallest absolute Gasteiger partial charge is 0.336 e. The standard InChI is InChI=1S/C22H15ClN2O2S/c23-17-9-11-19(12-10-17)27-21(26)13-8-16-15-25(18-5-2-1-3-6-18)24-22(16)20-7-4-14-28-20/h1-15H/b13-8+. The van der Waals surface area contributed by atoms with Gasteiger partial charge in [0.25, 0.3) is 0 Å². The lowest BCUT2D eigenvalue weighted by atomic mass is 10.2. The van der Waals surface area contributed by atoms with Crippen LogP contribution in [-0.2, 0) is 4.79 Å². The van der Waals surface area contributed by atoms with E-state index in [4.69, 9.17) is 21.4 Å². The molecule has 138 valence electrons. The van der Waals surface area contributed by atoms with E-state index >= 15 is 0 Å². The predicted octanol–water partition coefficient (Wildman–Crippen LogP) is 5.87. The number of hydrogen-bond donors (Lipinski definition) is 0. The monoisotopic (exact) mass is 406 g/mol. The highest BCUT2D eigenvalue weighted by atomic mass is 35.5. The van der Waals surface area contributed by atoms with Crippen LogP contribution in [0.15, 0.2) is 84.4 Å². The minimum Gasteiger partial charge on any atom is -0.423 e. The van der Waals surface area contributed by atoms with Gasteiger partial charge in [-0.3, -0.25) is 0 Å². The third-order valence-corrected chi connectivity index (χ3v) is 5.08. The lowest BCUT2D eigenvalue weighted by Crippen LogP contribution is -2.03. The van der Waals surface area contributed by atoms with Crippen molar-refractivity contribution in [1.29, 1.82) is 0 Å². The Morgan fingerprint density at radius 3 is 2.54 bits per heavy atom. The van der Waals surface area contributed by atoms with Gasteiger partial charge < -0.3 is 4.74 Å². The molecule has 2 aromatic heterocycles. The fourth-order valence-electron chi connectivity index (χ4n) is 2.64. The number of aromatic nitrogens is 2. The van der Waals surface area contributed by atoms with Gasteiger partial charge in [-0.15, -0.1) is 11.3 Å². The summed E-state index contributed by atoms with van der Waals surface area (Å²) in [7, 11) is 0. The maximum Gasteiger partial charge on any atom is 0.336 e. The zero-order chi connectivity index (χ0) is 19.3. The molecule has 0 atom stereocenters. The summed E-state index contributed by atoms with van der Waals surface area (Å²) in [5, 5.41) is 7.29. The molecule has 0 aliphatic rings. The van der Waals surface area contributed by atoms with Crippen LogP contribution in [0.25, 0.3) is 22.3 Å². The first-order valence-corrected chi connectivity index (χ1v) is 9.79. The molecule has 0 saturated heterocycles. The van der Waals surface area contributed by atoms with E-state index in [0.29, 0.717) is 10.8 Å². The Morgan fingerprint density at radius 2 is 1.82 bits per heavy atom. The molecule has 0 N–H and O–H groups in total. The summed E-state index contributed by atoms with van der Waals surface area (Å²) in [4.78, 5) is 13.2. The zero-order valence-electron chi connectivity index (χ0n) is 14.7. The van der Waals surface area contributed by atoms with Crippen LogP contribution in [0.5, 0.6) is 5.75 Å². The molecule has 0 spiro atoms. The van der Waals surface area contributed by atoms with Crippen molar-refractivity contribution in [2.45, 2.75) is 0 Å². The molecule has 0 unspecified atom stereocenters. The van der Waals surface area contributed by atoms with Gasteiger partial charge in [0.15, 0.2) is 0 Å². The van der Waals surface area contributed by atoms with Crippen LogP contribution in [0.3, 0.4) is 0 Å². The van der Waals surface area contributed by atoms with Crippen molar-refractivity contribution < 1.29 is 9.53 Å². The lowest BCUT2D eigenvalue weighted by Gasteiger charge is -2.00. The number of rotatable bonds is 5. The van der Waals surface area contributed by atoms with Gasteiger partial charge in [0.05, 0.1) is 10.6 Å².